The minimum absolute atomic E-state index is 0.126. The van der Waals surface area contributed by atoms with Crippen LogP contribution in [0.4, 0.5) is 5.69 Å². The predicted molar refractivity (Wildman–Crippen MR) is 154 cm³/mol. The molecule has 39 heavy (non-hydrogen) atoms. The zero-order chi connectivity index (χ0) is 28.2. The molecule has 214 valence electrons. The van der Waals surface area contributed by atoms with E-state index in [0.717, 1.165) is 55.1 Å². The number of piperazine rings is 1. The fraction of sp³-hybridized carbons (Fsp3) is 0.567. The molecule has 1 amide bonds. The van der Waals surface area contributed by atoms with Crippen molar-refractivity contribution in [1.29, 1.82) is 0 Å². The van der Waals surface area contributed by atoms with E-state index < -0.39 is 10.0 Å². The average Bonchev–Trinajstić information content (AvgIpc) is 2.92. The highest BCUT2D eigenvalue weighted by Crippen LogP contribution is 2.34. The van der Waals surface area contributed by atoms with Crippen LogP contribution >= 0.6 is 0 Å². The number of ether oxygens (including phenoxy) is 2. The van der Waals surface area contributed by atoms with E-state index in [1.165, 1.54) is 0 Å². The lowest BCUT2D eigenvalue weighted by Crippen LogP contribution is -2.50. The normalized spacial score (nSPS) is 18.6. The third-order valence-electron chi connectivity index (χ3n) is 7.89. The summed E-state index contributed by atoms with van der Waals surface area (Å²) in [6.07, 6.45) is 3.59. The average molecular weight is 558 g/mol. The maximum Gasteiger partial charge on any atom is 0.240 e. The van der Waals surface area contributed by atoms with Crippen LogP contribution < -0.4 is 19.1 Å². The fourth-order valence-electron chi connectivity index (χ4n) is 5.46. The van der Waals surface area contributed by atoms with Crippen LogP contribution in [0.1, 0.15) is 58.9 Å². The van der Waals surface area contributed by atoms with Crippen molar-refractivity contribution in [2.75, 3.05) is 38.2 Å². The molecule has 2 heterocycles. The van der Waals surface area contributed by atoms with Gasteiger partial charge in [-0.25, -0.2) is 13.1 Å². The van der Waals surface area contributed by atoms with Crippen LogP contribution in [0.5, 0.6) is 11.5 Å². The molecule has 2 aromatic carbocycles. The summed E-state index contributed by atoms with van der Waals surface area (Å²) in [5.74, 6) is 1.63. The topological polar surface area (TPSA) is 88.2 Å². The van der Waals surface area contributed by atoms with E-state index >= 15 is 0 Å². The quantitative estimate of drug-likeness (QED) is 0.459. The van der Waals surface area contributed by atoms with Crippen molar-refractivity contribution in [2.24, 2.45) is 5.92 Å². The summed E-state index contributed by atoms with van der Waals surface area (Å²) in [5, 5.41) is 0. The Hall–Kier alpha value is -2.78. The van der Waals surface area contributed by atoms with Crippen molar-refractivity contribution in [2.45, 2.75) is 76.3 Å². The van der Waals surface area contributed by atoms with Crippen molar-refractivity contribution in [3.8, 4) is 11.5 Å². The lowest BCUT2D eigenvalue weighted by atomic mass is 9.94. The number of hydrogen-bond acceptors (Lipinski definition) is 6. The predicted octanol–water partition coefficient (Wildman–Crippen LogP) is 4.62. The van der Waals surface area contributed by atoms with Crippen molar-refractivity contribution in [3.05, 3.63) is 48.0 Å². The van der Waals surface area contributed by atoms with Crippen molar-refractivity contribution < 1.29 is 22.7 Å². The second kappa shape index (κ2) is 12.2. The number of amides is 1. The number of nitrogens with one attached hydrogen (secondary N) is 1. The number of carbonyl (C=O) groups excluding carboxylic acids is 1. The molecule has 2 aromatic rings. The molecule has 2 atom stereocenters. The molecule has 0 aromatic heterocycles. The molecule has 9 heteroatoms. The minimum Gasteiger partial charge on any atom is -0.495 e. The van der Waals surface area contributed by atoms with E-state index in [0.29, 0.717) is 25.9 Å². The van der Waals surface area contributed by atoms with Crippen LogP contribution in [-0.4, -0.2) is 64.2 Å². The van der Waals surface area contributed by atoms with E-state index in [1.807, 2.05) is 56.9 Å². The van der Waals surface area contributed by atoms with E-state index in [9.17, 15) is 13.2 Å². The number of aryl methyl sites for hydroxylation is 1. The zero-order valence-electron chi connectivity index (χ0n) is 23.9. The molecule has 8 nitrogen and oxygen atoms in total. The van der Waals surface area contributed by atoms with Gasteiger partial charge in [-0.3, -0.25) is 4.79 Å². The second-order valence-corrected chi connectivity index (χ2v) is 13.0. The summed E-state index contributed by atoms with van der Waals surface area (Å²) >= 11 is 0. The van der Waals surface area contributed by atoms with Gasteiger partial charge in [-0.05, 0) is 88.8 Å². The SMILES string of the molecule is CCC(CCC(C)NS(=O)(=O)c1ccc2c(c1)CCC(C)(C)O2)C(=O)N1CCN(c2ccccc2OC)CC1. The van der Waals surface area contributed by atoms with Gasteiger partial charge in [0.2, 0.25) is 15.9 Å². The lowest BCUT2D eigenvalue weighted by Gasteiger charge is -2.38. The summed E-state index contributed by atoms with van der Waals surface area (Å²) in [5.41, 5.74) is 1.74. The Labute approximate surface area is 233 Å². The van der Waals surface area contributed by atoms with Gasteiger partial charge in [0.15, 0.2) is 0 Å². The Kier molecular flexibility index (Phi) is 9.11. The van der Waals surface area contributed by atoms with Crippen molar-refractivity contribution >= 4 is 21.6 Å². The summed E-state index contributed by atoms with van der Waals surface area (Å²) in [6, 6.07) is 12.8. The smallest absolute Gasteiger partial charge is 0.240 e. The van der Waals surface area contributed by atoms with E-state index in [1.54, 1.807) is 25.3 Å². The molecule has 1 saturated heterocycles. The number of hydrogen-bond donors (Lipinski definition) is 1. The summed E-state index contributed by atoms with van der Waals surface area (Å²) in [4.78, 5) is 17.8. The standard InChI is InChI=1S/C30H43N3O5S/c1-6-23(29(34)33-19-17-32(18-20-33)26-9-7-8-10-28(26)37-5)12-11-22(2)31-39(35,36)25-13-14-27-24(21-25)15-16-30(3,4)38-27/h7-10,13-14,21-23,31H,6,11-12,15-20H2,1-5H3. The Bertz CT molecular complexity index is 1250. The number of methoxy groups -OCH3 is 1. The highest BCUT2D eigenvalue weighted by molar-refractivity contribution is 7.89. The number of carbonyl (C=O) groups is 1. The Morgan fingerprint density at radius 1 is 1.10 bits per heavy atom. The van der Waals surface area contributed by atoms with Crippen LogP contribution in [0, 0.1) is 5.92 Å². The molecular formula is C30H43N3O5S. The molecule has 0 radical (unpaired) electrons. The van der Waals surface area contributed by atoms with Crippen molar-refractivity contribution in [1.82, 2.24) is 9.62 Å². The maximum absolute atomic E-state index is 13.3. The fourth-order valence-corrected chi connectivity index (χ4v) is 6.79. The number of para-hydroxylation sites is 2. The number of nitrogens with zero attached hydrogens (tertiary/aromatic N) is 2. The number of rotatable bonds is 10. The van der Waals surface area contributed by atoms with Gasteiger partial charge in [0.1, 0.15) is 17.1 Å². The van der Waals surface area contributed by atoms with E-state index in [4.69, 9.17) is 9.47 Å². The Balaban J connectivity index is 1.29. The van der Waals surface area contributed by atoms with Gasteiger partial charge in [-0.15, -0.1) is 0 Å². The molecule has 2 aliphatic heterocycles. The largest absolute Gasteiger partial charge is 0.495 e. The number of benzene rings is 2. The van der Waals surface area contributed by atoms with Crippen LogP contribution in [0.3, 0.4) is 0 Å². The third-order valence-corrected chi connectivity index (χ3v) is 9.48. The van der Waals surface area contributed by atoms with E-state index in [-0.39, 0.29) is 28.4 Å². The molecule has 0 spiro atoms. The lowest BCUT2D eigenvalue weighted by molar-refractivity contribution is -0.136. The molecule has 0 saturated carbocycles. The summed E-state index contributed by atoms with van der Waals surface area (Å²) < 4.78 is 40.5. The summed E-state index contributed by atoms with van der Waals surface area (Å²) in [6.45, 7) is 10.8. The molecular weight excluding hydrogens is 514 g/mol. The van der Waals surface area contributed by atoms with Gasteiger partial charge in [-0.1, -0.05) is 19.1 Å². The van der Waals surface area contributed by atoms with Gasteiger partial charge in [-0.2, -0.15) is 0 Å². The molecule has 1 fully saturated rings. The Morgan fingerprint density at radius 3 is 2.51 bits per heavy atom. The molecule has 2 aliphatic rings. The van der Waals surface area contributed by atoms with Crippen LogP contribution in [0.15, 0.2) is 47.4 Å². The molecule has 4 rings (SSSR count). The van der Waals surface area contributed by atoms with Crippen LogP contribution in [0.2, 0.25) is 0 Å². The number of anilines is 1. The third kappa shape index (κ3) is 7.06. The summed E-state index contributed by atoms with van der Waals surface area (Å²) in [7, 11) is -2.00. The van der Waals surface area contributed by atoms with Gasteiger partial charge < -0.3 is 19.3 Å². The van der Waals surface area contributed by atoms with E-state index in [2.05, 4.69) is 9.62 Å². The molecule has 1 N–H and O–H groups in total. The molecule has 0 aliphatic carbocycles. The Morgan fingerprint density at radius 2 is 1.82 bits per heavy atom. The first-order chi connectivity index (χ1) is 18.5. The highest BCUT2D eigenvalue weighted by Gasteiger charge is 2.30. The highest BCUT2D eigenvalue weighted by atomic mass is 32.2. The van der Waals surface area contributed by atoms with Crippen molar-refractivity contribution in [3.63, 3.8) is 0 Å². The first-order valence-corrected chi connectivity index (χ1v) is 15.5. The first kappa shape index (κ1) is 29.2. The monoisotopic (exact) mass is 557 g/mol. The number of sulfonamides is 1. The van der Waals surface area contributed by atoms with Gasteiger partial charge in [0.05, 0.1) is 17.7 Å². The van der Waals surface area contributed by atoms with Gasteiger partial charge in [0, 0.05) is 38.1 Å². The molecule has 2 unspecified atom stereocenters. The maximum atomic E-state index is 13.3. The zero-order valence-corrected chi connectivity index (χ0v) is 24.7. The van der Waals surface area contributed by atoms with Gasteiger partial charge >= 0.3 is 0 Å². The molecule has 0 bridgehead atoms. The van der Waals surface area contributed by atoms with Crippen LogP contribution in [0.25, 0.3) is 0 Å². The number of fused-ring (bicyclic) bond motifs is 1. The van der Waals surface area contributed by atoms with Crippen LogP contribution in [-0.2, 0) is 21.2 Å². The second-order valence-electron chi connectivity index (χ2n) is 11.3. The minimum atomic E-state index is -3.67. The first-order valence-electron chi connectivity index (χ1n) is 14.0. The van der Waals surface area contributed by atoms with Gasteiger partial charge in [0.25, 0.3) is 0 Å².